The number of nitrogens with zero attached hydrogens (tertiary/aromatic N) is 1. The fourth-order valence-electron chi connectivity index (χ4n) is 4.64. The topological polar surface area (TPSA) is 95.6 Å². The van der Waals surface area contributed by atoms with Crippen LogP contribution in [-0.2, 0) is 19.6 Å². The number of hydrogen-bond donors (Lipinski definition) is 2. The third kappa shape index (κ3) is 6.90. The highest BCUT2D eigenvalue weighted by molar-refractivity contribution is 7.92. The Morgan fingerprint density at radius 1 is 1.09 bits per heavy atom. The van der Waals surface area contributed by atoms with Crippen LogP contribution in [0.3, 0.4) is 0 Å². The van der Waals surface area contributed by atoms with Gasteiger partial charge in [-0.1, -0.05) is 62.9 Å². The summed E-state index contributed by atoms with van der Waals surface area (Å²) in [5, 5.41) is 7.34. The molecule has 0 radical (unpaired) electrons. The Morgan fingerprint density at radius 2 is 1.76 bits per heavy atom. The minimum atomic E-state index is -3.54. The minimum Gasteiger partial charge on any atom is -0.354 e. The van der Waals surface area contributed by atoms with Crippen LogP contribution in [0.1, 0.15) is 70.3 Å². The van der Waals surface area contributed by atoms with Gasteiger partial charge < -0.3 is 10.6 Å². The van der Waals surface area contributed by atoms with E-state index in [-0.39, 0.29) is 17.7 Å². The number of amides is 2. The number of sulfonamides is 1. The molecule has 3 rings (SSSR count). The van der Waals surface area contributed by atoms with E-state index in [1.807, 2.05) is 30.3 Å². The van der Waals surface area contributed by atoms with Gasteiger partial charge in [-0.05, 0) is 43.7 Å². The second-order valence-electron chi connectivity index (χ2n) is 9.17. The molecule has 0 atom stereocenters. The van der Waals surface area contributed by atoms with Gasteiger partial charge in [-0.3, -0.25) is 9.59 Å². The van der Waals surface area contributed by atoms with Crippen molar-refractivity contribution in [3.8, 4) is 0 Å². The highest BCUT2D eigenvalue weighted by Gasteiger charge is 2.42. The van der Waals surface area contributed by atoms with Crippen molar-refractivity contribution in [1.82, 2.24) is 14.9 Å². The zero-order valence-corrected chi connectivity index (χ0v) is 20.4. The molecule has 7 nitrogen and oxygen atoms in total. The Labute approximate surface area is 198 Å². The standard InChI is InChI=1S/C25H37N3O4S/c1-2-3-17-26-24(30)25(15-8-5-9-16-25)27-23(29)22-12-18-28(19-13-22)33(31,32)20-14-21-10-6-4-7-11-21/h4,6-7,10-11,14,20,22H,2-3,5,8-9,12-13,15-19H2,1H3,(H,26,30)(H,27,29)/b20-14+. The number of unbranched alkanes of at least 4 members (excludes halogenated alkanes) is 1. The summed E-state index contributed by atoms with van der Waals surface area (Å²) in [4.78, 5) is 26.1. The molecule has 2 aliphatic rings. The van der Waals surface area contributed by atoms with E-state index in [1.165, 1.54) is 9.71 Å². The fourth-order valence-corrected chi connectivity index (χ4v) is 5.86. The van der Waals surface area contributed by atoms with Crippen molar-refractivity contribution in [3.05, 3.63) is 41.3 Å². The van der Waals surface area contributed by atoms with Gasteiger partial charge in [0.1, 0.15) is 5.54 Å². The van der Waals surface area contributed by atoms with Crippen molar-refractivity contribution in [3.63, 3.8) is 0 Å². The number of nitrogens with one attached hydrogen (secondary N) is 2. The number of carbonyl (C=O) groups is 2. The van der Waals surface area contributed by atoms with Crippen molar-refractivity contribution in [2.45, 2.75) is 70.3 Å². The van der Waals surface area contributed by atoms with Crippen LogP contribution in [0.2, 0.25) is 0 Å². The first kappa shape index (κ1) is 25.4. The lowest BCUT2D eigenvalue weighted by Gasteiger charge is -2.38. The molecule has 1 aromatic rings. The molecule has 8 heteroatoms. The van der Waals surface area contributed by atoms with Gasteiger partial charge in [0.15, 0.2) is 0 Å². The van der Waals surface area contributed by atoms with E-state index in [0.29, 0.717) is 45.3 Å². The van der Waals surface area contributed by atoms with E-state index in [1.54, 1.807) is 6.08 Å². The van der Waals surface area contributed by atoms with Gasteiger partial charge in [-0.15, -0.1) is 0 Å². The molecule has 1 aromatic carbocycles. The normalized spacial score (nSPS) is 19.9. The average Bonchev–Trinajstić information content (AvgIpc) is 2.84. The predicted octanol–water partition coefficient (Wildman–Crippen LogP) is 3.43. The quantitative estimate of drug-likeness (QED) is 0.535. The number of hydrogen-bond acceptors (Lipinski definition) is 4. The van der Waals surface area contributed by atoms with Crippen molar-refractivity contribution < 1.29 is 18.0 Å². The zero-order chi connectivity index (χ0) is 23.7. The van der Waals surface area contributed by atoms with Gasteiger partial charge in [-0.25, -0.2) is 8.42 Å². The molecule has 0 spiro atoms. The van der Waals surface area contributed by atoms with Crippen LogP contribution in [0.4, 0.5) is 0 Å². The lowest BCUT2D eigenvalue weighted by molar-refractivity contribution is -0.137. The van der Waals surface area contributed by atoms with E-state index in [2.05, 4.69) is 17.6 Å². The summed E-state index contributed by atoms with van der Waals surface area (Å²) in [5.74, 6) is -0.480. The molecule has 2 amide bonds. The maximum atomic E-state index is 13.1. The van der Waals surface area contributed by atoms with Gasteiger partial charge in [0.25, 0.3) is 0 Å². The van der Waals surface area contributed by atoms with Crippen LogP contribution < -0.4 is 10.6 Å². The van der Waals surface area contributed by atoms with Gasteiger partial charge >= 0.3 is 0 Å². The molecular formula is C25H37N3O4S. The first-order valence-electron chi connectivity index (χ1n) is 12.2. The largest absolute Gasteiger partial charge is 0.354 e. The van der Waals surface area contributed by atoms with Crippen LogP contribution in [0.15, 0.2) is 35.7 Å². The number of rotatable bonds is 9. The lowest BCUT2D eigenvalue weighted by Crippen LogP contribution is -2.61. The highest BCUT2D eigenvalue weighted by atomic mass is 32.2. The predicted molar refractivity (Wildman–Crippen MR) is 131 cm³/mol. The molecule has 182 valence electrons. The van der Waals surface area contributed by atoms with E-state index < -0.39 is 15.6 Å². The Bertz CT molecular complexity index is 916. The molecule has 1 heterocycles. The molecule has 1 saturated carbocycles. The second kappa shape index (κ2) is 11.8. The van der Waals surface area contributed by atoms with Crippen LogP contribution in [-0.4, -0.2) is 49.7 Å². The van der Waals surface area contributed by atoms with Crippen LogP contribution >= 0.6 is 0 Å². The molecule has 33 heavy (non-hydrogen) atoms. The molecule has 1 aliphatic heterocycles. The van der Waals surface area contributed by atoms with Gasteiger partial charge in [0.05, 0.1) is 0 Å². The van der Waals surface area contributed by atoms with Crippen molar-refractivity contribution in [2.75, 3.05) is 19.6 Å². The smallest absolute Gasteiger partial charge is 0.245 e. The summed E-state index contributed by atoms with van der Waals surface area (Å²) in [5.41, 5.74) is -0.00428. The third-order valence-corrected chi connectivity index (χ3v) is 8.30. The molecule has 1 saturated heterocycles. The molecule has 2 N–H and O–H groups in total. The summed E-state index contributed by atoms with van der Waals surface area (Å²) in [6.45, 7) is 3.30. The average molecular weight is 476 g/mol. The summed E-state index contributed by atoms with van der Waals surface area (Å²) in [6, 6.07) is 9.30. The molecule has 2 fully saturated rings. The Morgan fingerprint density at radius 3 is 2.39 bits per heavy atom. The molecule has 1 aliphatic carbocycles. The van der Waals surface area contributed by atoms with Crippen LogP contribution in [0, 0.1) is 5.92 Å². The van der Waals surface area contributed by atoms with Crippen molar-refractivity contribution in [1.29, 1.82) is 0 Å². The Kier molecular flexibility index (Phi) is 9.09. The summed E-state index contributed by atoms with van der Waals surface area (Å²) in [7, 11) is -3.54. The number of carbonyl (C=O) groups excluding carboxylic acids is 2. The van der Waals surface area contributed by atoms with Crippen LogP contribution in [0.25, 0.3) is 6.08 Å². The van der Waals surface area contributed by atoms with Crippen LogP contribution in [0.5, 0.6) is 0 Å². The first-order chi connectivity index (χ1) is 15.9. The van der Waals surface area contributed by atoms with Crippen molar-refractivity contribution in [2.24, 2.45) is 5.92 Å². The van der Waals surface area contributed by atoms with Gasteiger partial charge in [-0.2, -0.15) is 4.31 Å². The second-order valence-corrected chi connectivity index (χ2v) is 11.0. The lowest BCUT2D eigenvalue weighted by atomic mass is 9.80. The van der Waals surface area contributed by atoms with E-state index in [4.69, 9.17) is 0 Å². The molecule has 0 aromatic heterocycles. The highest BCUT2D eigenvalue weighted by Crippen LogP contribution is 2.30. The first-order valence-corrected chi connectivity index (χ1v) is 13.7. The molecule has 0 bridgehead atoms. The minimum absolute atomic E-state index is 0.0740. The maximum Gasteiger partial charge on any atom is 0.245 e. The van der Waals surface area contributed by atoms with Crippen molar-refractivity contribution >= 4 is 27.9 Å². The number of benzene rings is 1. The Hall–Kier alpha value is -2.19. The maximum absolute atomic E-state index is 13.1. The SMILES string of the molecule is CCCCNC(=O)C1(NC(=O)C2CCN(S(=O)(=O)/C=C/c3ccccc3)CC2)CCCCC1. The van der Waals surface area contributed by atoms with Gasteiger partial charge in [0, 0.05) is 31.0 Å². The number of piperidine rings is 1. The summed E-state index contributed by atoms with van der Waals surface area (Å²) in [6.07, 6.45) is 8.67. The summed E-state index contributed by atoms with van der Waals surface area (Å²) >= 11 is 0. The zero-order valence-electron chi connectivity index (χ0n) is 19.6. The summed E-state index contributed by atoms with van der Waals surface area (Å²) < 4.78 is 26.8. The fraction of sp³-hybridized carbons (Fsp3) is 0.600. The molecular weight excluding hydrogens is 438 g/mol. The third-order valence-electron chi connectivity index (χ3n) is 6.74. The van der Waals surface area contributed by atoms with E-state index in [0.717, 1.165) is 37.7 Å². The van der Waals surface area contributed by atoms with E-state index in [9.17, 15) is 18.0 Å². The van der Waals surface area contributed by atoms with Gasteiger partial charge in [0.2, 0.25) is 21.8 Å². The monoisotopic (exact) mass is 475 g/mol. The van der Waals surface area contributed by atoms with E-state index >= 15 is 0 Å². The Balaban J connectivity index is 1.57. The molecule has 0 unspecified atom stereocenters.